The van der Waals surface area contributed by atoms with E-state index in [4.69, 9.17) is 21.7 Å². The first-order chi connectivity index (χ1) is 16.6. The number of carbonyl (C=O) groups excluding carboxylic acids is 1. The molecule has 1 aromatic carbocycles. The summed E-state index contributed by atoms with van der Waals surface area (Å²) < 4.78 is 27.9. The number of hydrogen-bond donors (Lipinski definition) is 2. The molecule has 0 spiro atoms. The zero-order chi connectivity index (χ0) is 25.3. The number of rotatable bonds is 7. The summed E-state index contributed by atoms with van der Waals surface area (Å²) in [7, 11) is -3.57. The van der Waals surface area contributed by atoms with Gasteiger partial charge >= 0.3 is 0 Å². The van der Waals surface area contributed by atoms with Crippen molar-refractivity contribution in [1.82, 2.24) is 19.5 Å². The molecule has 1 aliphatic heterocycles. The molecule has 2 atom stereocenters. The van der Waals surface area contributed by atoms with Gasteiger partial charge in [-0.15, -0.1) is 0 Å². The highest BCUT2D eigenvalue weighted by molar-refractivity contribution is 7.92. The van der Waals surface area contributed by atoms with E-state index in [0.29, 0.717) is 23.3 Å². The average Bonchev–Trinajstić information content (AvgIpc) is 3.21. The first-order valence-corrected chi connectivity index (χ1v) is 14.0. The molecule has 0 bridgehead atoms. The summed E-state index contributed by atoms with van der Waals surface area (Å²) in [4.78, 5) is 20.2. The van der Waals surface area contributed by atoms with E-state index in [-0.39, 0.29) is 23.2 Å². The molecule has 35 heavy (non-hydrogen) atoms. The van der Waals surface area contributed by atoms with Crippen molar-refractivity contribution >= 4 is 44.7 Å². The highest BCUT2D eigenvalue weighted by Gasteiger charge is 2.32. The summed E-state index contributed by atoms with van der Waals surface area (Å²) >= 11 is 6.18. The van der Waals surface area contributed by atoms with Crippen molar-refractivity contribution in [2.24, 2.45) is 0 Å². The second-order valence-corrected chi connectivity index (χ2v) is 11.4. The molecule has 11 heteroatoms. The molecule has 1 fully saturated rings. The molecule has 188 valence electrons. The van der Waals surface area contributed by atoms with Crippen LogP contribution < -0.4 is 10.0 Å². The predicted molar refractivity (Wildman–Crippen MR) is 139 cm³/mol. The molecule has 1 unspecified atom stereocenters. The quantitative estimate of drug-likeness (QED) is 0.471. The highest BCUT2D eigenvalue weighted by atomic mass is 35.5. The van der Waals surface area contributed by atoms with Gasteiger partial charge in [-0.25, -0.2) is 17.9 Å². The van der Waals surface area contributed by atoms with Gasteiger partial charge in [-0.05, 0) is 57.7 Å². The number of piperidine rings is 1. The molecule has 3 heterocycles. The summed E-state index contributed by atoms with van der Waals surface area (Å²) in [6.45, 7) is 6.76. The Morgan fingerprint density at radius 3 is 2.77 bits per heavy atom. The zero-order valence-electron chi connectivity index (χ0n) is 20.4. The molecule has 3 aromatic rings. The van der Waals surface area contributed by atoms with E-state index >= 15 is 0 Å². The lowest BCUT2D eigenvalue weighted by Crippen LogP contribution is -2.39. The van der Waals surface area contributed by atoms with Gasteiger partial charge in [0.15, 0.2) is 5.65 Å². The van der Waals surface area contributed by atoms with Gasteiger partial charge < -0.3 is 10.2 Å². The van der Waals surface area contributed by atoms with Crippen molar-refractivity contribution in [3.8, 4) is 0 Å². The fraction of sp³-hybridized carbons (Fsp3) is 0.458. The monoisotopic (exact) mass is 518 g/mol. The number of amides is 1. The highest BCUT2D eigenvalue weighted by Crippen LogP contribution is 2.34. The smallest absolute Gasteiger partial charge is 0.256 e. The van der Waals surface area contributed by atoms with Crippen molar-refractivity contribution in [2.45, 2.75) is 58.5 Å². The van der Waals surface area contributed by atoms with Crippen molar-refractivity contribution in [1.29, 1.82) is 0 Å². The Kier molecular flexibility index (Phi) is 7.23. The zero-order valence-corrected chi connectivity index (χ0v) is 21.9. The summed E-state index contributed by atoms with van der Waals surface area (Å²) in [5, 5.41) is 8.55. The van der Waals surface area contributed by atoms with Gasteiger partial charge in [0.1, 0.15) is 5.82 Å². The van der Waals surface area contributed by atoms with Gasteiger partial charge in [-0.2, -0.15) is 5.10 Å². The number of anilines is 2. The number of halogens is 1. The van der Waals surface area contributed by atoms with Gasteiger partial charge in [0.2, 0.25) is 10.0 Å². The molecule has 0 aliphatic carbocycles. The fourth-order valence-corrected chi connectivity index (χ4v) is 5.04. The fourth-order valence-electron chi connectivity index (χ4n) is 4.29. The minimum atomic E-state index is -3.57. The Morgan fingerprint density at radius 1 is 1.29 bits per heavy atom. The molecule has 0 radical (unpaired) electrons. The van der Waals surface area contributed by atoms with Crippen LogP contribution in [0.5, 0.6) is 0 Å². The number of hydrogen-bond acceptors (Lipinski definition) is 6. The topological polar surface area (TPSA) is 109 Å². The molecule has 1 aliphatic rings. The lowest BCUT2D eigenvalue weighted by molar-refractivity contribution is 0.0607. The number of carbonyl (C=O) groups is 1. The lowest BCUT2D eigenvalue weighted by atomic mass is 9.98. The maximum absolute atomic E-state index is 13.7. The number of aryl methyl sites for hydroxylation is 1. The second-order valence-electron chi connectivity index (χ2n) is 9.17. The number of nitrogens with zero attached hydrogens (tertiary/aromatic N) is 4. The molecular formula is C24H31ClN6O3S. The van der Waals surface area contributed by atoms with E-state index in [1.165, 1.54) is 12.1 Å². The van der Waals surface area contributed by atoms with Crippen LogP contribution in [0, 0.1) is 6.92 Å². The number of aromatic nitrogens is 3. The molecule has 1 amide bonds. The maximum Gasteiger partial charge on any atom is 0.256 e. The van der Waals surface area contributed by atoms with Crippen molar-refractivity contribution in [3.63, 3.8) is 0 Å². The van der Waals surface area contributed by atoms with Crippen LogP contribution in [-0.4, -0.2) is 52.7 Å². The predicted octanol–water partition coefficient (Wildman–Crippen LogP) is 4.64. The van der Waals surface area contributed by atoms with Crippen molar-refractivity contribution in [2.75, 3.05) is 22.8 Å². The number of benzene rings is 1. The summed E-state index contributed by atoms with van der Waals surface area (Å²) in [5.41, 5.74) is 2.87. The Bertz CT molecular complexity index is 1360. The van der Waals surface area contributed by atoms with Crippen LogP contribution in [-0.2, 0) is 10.0 Å². The largest absolute Gasteiger partial charge is 0.367 e. The van der Waals surface area contributed by atoms with Crippen LogP contribution >= 0.6 is 11.6 Å². The van der Waals surface area contributed by atoms with Gasteiger partial charge in [0, 0.05) is 35.4 Å². The molecule has 2 aromatic heterocycles. The molecule has 0 saturated carbocycles. The summed E-state index contributed by atoms with van der Waals surface area (Å²) in [5.74, 6) is 0.536. The van der Waals surface area contributed by atoms with E-state index < -0.39 is 10.0 Å². The van der Waals surface area contributed by atoms with Crippen LogP contribution in [0.25, 0.3) is 5.65 Å². The lowest BCUT2D eigenvalue weighted by Gasteiger charge is -2.35. The Balaban J connectivity index is 1.69. The molecule has 1 saturated heterocycles. The van der Waals surface area contributed by atoms with E-state index in [0.717, 1.165) is 49.0 Å². The van der Waals surface area contributed by atoms with E-state index in [1.54, 1.807) is 15.5 Å². The second kappa shape index (κ2) is 10.0. The van der Waals surface area contributed by atoms with Crippen molar-refractivity contribution in [3.05, 3.63) is 52.3 Å². The molecular weight excluding hydrogens is 488 g/mol. The number of sulfonamides is 1. The Morgan fingerprint density at radius 2 is 2.06 bits per heavy atom. The van der Waals surface area contributed by atoms with Gasteiger partial charge in [-0.1, -0.05) is 18.5 Å². The number of nitrogens with one attached hydrogen (secondary N) is 2. The van der Waals surface area contributed by atoms with Gasteiger partial charge in [0.25, 0.3) is 5.91 Å². The van der Waals surface area contributed by atoms with Gasteiger partial charge in [0.05, 0.1) is 29.2 Å². The normalized spacial score (nSPS) is 17.4. The maximum atomic E-state index is 13.7. The number of likely N-dealkylation sites (tertiary alicyclic amines) is 1. The number of fused-ring (bicyclic) bond motifs is 1. The van der Waals surface area contributed by atoms with Crippen LogP contribution in [0.2, 0.25) is 5.02 Å². The molecule has 2 N–H and O–H groups in total. The minimum absolute atomic E-state index is 0.208. The summed E-state index contributed by atoms with van der Waals surface area (Å²) in [6, 6.07) is 6.54. The first kappa shape index (κ1) is 25.2. The Hall–Kier alpha value is -2.85. The Labute approximate surface area is 210 Å². The van der Waals surface area contributed by atoms with Crippen LogP contribution in [0.4, 0.5) is 11.5 Å². The van der Waals surface area contributed by atoms with Gasteiger partial charge in [-0.3, -0.25) is 9.52 Å². The molecule has 9 nitrogen and oxygen atoms in total. The minimum Gasteiger partial charge on any atom is -0.367 e. The third-order valence-corrected chi connectivity index (χ3v) is 7.08. The summed E-state index contributed by atoms with van der Waals surface area (Å²) in [6.07, 6.45) is 6.54. The third kappa shape index (κ3) is 5.70. The third-order valence-electron chi connectivity index (χ3n) is 6.26. The SMILES string of the molecule is CCC(C)Nc1nc2cc([C@@H]3CCCCN3C(=O)c3cc(Cl)ccc3NS(C)(=O)=O)nn2cc1C. The van der Waals surface area contributed by atoms with E-state index in [9.17, 15) is 13.2 Å². The van der Waals surface area contributed by atoms with Crippen LogP contribution in [0.15, 0.2) is 30.5 Å². The molecule has 4 rings (SSSR count). The van der Waals surface area contributed by atoms with Crippen LogP contribution in [0.3, 0.4) is 0 Å². The van der Waals surface area contributed by atoms with E-state index in [1.807, 2.05) is 19.2 Å². The van der Waals surface area contributed by atoms with Crippen LogP contribution in [0.1, 0.15) is 67.2 Å². The van der Waals surface area contributed by atoms with E-state index in [2.05, 4.69) is 23.9 Å². The average molecular weight is 519 g/mol. The standard InChI is InChI=1S/C24H31ClN6O3S/c1-5-16(3)26-23-15(2)14-31-22(27-23)13-20(28-31)21-8-6-7-11-30(21)24(32)18-12-17(25)9-10-19(18)29-35(4,33)34/h9-10,12-14,16,21,29H,5-8,11H2,1-4H3,(H,26,27)/t16?,21-/m0/s1. The van der Waals surface area contributed by atoms with Crippen molar-refractivity contribution < 1.29 is 13.2 Å². The first-order valence-electron chi connectivity index (χ1n) is 11.8.